The minimum Gasteiger partial charge on any atom is -0.465 e. The molecule has 1 N–H and O–H groups in total. The summed E-state index contributed by atoms with van der Waals surface area (Å²) in [6.45, 7) is 1.42. The average molecular weight is 504 g/mol. The monoisotopic (exact) mass is 504 g/mol. The second-order valence-corrected chi connectivity index (χ2v) is 7.83. The third-order valence-electron chi connectivity index (χ3n) is 4.43. The molecule has 7 nitrogen and oxygen atoms in total. The fraction of sp³-hybridized carbons (Fsp3) is 0.250. The molecule has 14 heteroatoms. The van der Waals surface area contributed by atoms with Gasteiger partial charge in [-0.2, -0.15) is 26.3 Å². The summed E-state index contributed by atoms with van der Waals surface area (Å²) in [5.74, 6) is -1.82. The number of carbonyl (C=O) groups is 2. The fourth-order valence-corrected chi connectivity index (χ4v) is 3.68. The Labute approximate surface area is 191 Å². The van der Waals surface area contributed by atoms with Crippen molar-refractivity contribution in [2.24, 2.45) is 0 Å². The van der Waals surface area contributed by atoms with Crippen molar-refractivity contribution in [1.82, 2.24) is 20.3 Å². The zero-order valence-electron chi connectivity index (χ0n) is 17.3. The number of hydrogen-bond acceptors (Lipinski definition) is 7. The molecule has 0 aliphatic rings. The number of nitrogens with zero attached hydrogens (tertiary/aromatic N) is 3. The van der Waals surface area contributed by atoms with Crippen LogP contribution in [0.2, 0.25) is 0 Å². The number of nitrogens with one attached hydrogen (secondary N) is 1. The van der Waals surface area contributed by atoms with Crippen molar-refractivity contribution in [3.8, 4) is 10.7 Å². The number of amides is 1. The van der Waals surface area contributed by atoms with E-state index in [0.717, 1.165) is 11.3 Å². The van der Waals surface area contributed by atoms with Crippen LogP contribution in [0.1, 0.15) is 49.8 Å². The molecule has 0 saturated carbocycles. The Kier molecular flexibility index (Phi) is 6.91. The highest BCUT2D eigenvalue weighted by Gasteiger charge is 2.37. The molecule has 3 rings (SSSR count). The van der Waals surface area contributed by atoms with Crippen molar-refractivity contribution in [2.45, 2.75) is 25.3 Å². The summed E-state index contributed by atoms with van der Waals surface area (Å²) in [7, 11) is 1.19. The van der Waals surface area contributed by atoms with E-state index in [1.54, 1.807) is 0 Å². The first-order valence-electron chi connectivity index (χ1n) is 9.27. The summed E-state index contributed by atoms with van der Waals surface area (Å²) in [5, 5.41) is 2.57. The standard InChI is InChI=1S/C20H14F6N4O3S/c1-9(14-15(28-4-3-27-14)17-29-8-13(34-17)18(32)33-2)30-16(31)10-5-11(19(21,22)23)7-12(6-10)20(24,25)26/h3-9H,1-2H3,(H,30,31). The minimum atomic E-state index is -5.10. The highest BCUT2D eigenvalue weighted by atomic mass is 32.1. The average Bonchev–Trinajstić information content (AvgIpc) is 3.27. The van der Waals surface area contributed by atoms with Crippen LogP contribution in [0.15, 0.2) is 36.8 Å². The summed E-state index contributed by atoms with van der Waals surface area (Å²) in [6.07, 6.45) is -6.35. The number of ether oxygens (including phenoxy) is 1. The van der Waals surface area contributed by atoms with Crippen LogP contribution in [-0.2, 0) is 17.1 Å². The second kappa shape index (κ2) is 9.37. The molecular weight excluding hydrogens is 490 g/mol. The Bertz CT molecular complexity index is 1190. The highest BCUT2D eigenvalue weighted by molar-refractivity contribution is 7.16. The molecule has 0 bridgehead atoms. The second-order valence-electron chi connectivity index (χ2n) is 6.80. The van der Waals surface area contributed by atoms with Crippen LogP contribution in [0.5, 0.6) is 0 Å². The van der Waals surface area contributed by atoms with Gasteiger partial charge in [0.2, 0.25) is 0 Å². The molecule has 0 aliphatic carbocycles. The van der Waals surface area contributed by atoms with Crippen LogP contribution in [0, 0.1) is 0 Å². The van der Waals surface area contributed by atoms with Gasteiger partial charge in [-0.05, 0) is 25.1 Å². The molecule has 0 saturated heterocycles. The van der Waals surface area contributed by atoms with Crippen molar-refractivity contribution < 1.29 is 40.7 Å². The summed E-state index contributed by atoms with van der Waals surface area (Å²) < 4.78 is 83.2. The topological polar surface area (TPSA) is 94.1 Å². The Balaban J connectivity index is 1.93. The lowest BCUT2D eigenvalue weighted by Crippen LogP contribution is -2.28. The molecule has 0 fully saturated rings. The van der Waals surface area contributed by atoms with Crippen LogP contribution in [0.25, 0.3) is 10.7 Å². The molecule has 0 radical (unpaired) electrons. The zero-order valence-corrected chi connectivity index (χ0v) is 18.1. The van der Waals surface area contributed by atoms with Gasteiger partial charge in [0.1, 0.15) is 15.6 Å². The predicted molar refractivity (Wildman–Crippen MR) is 107 cm³/mol. The van der Waals surface area contributed by atoms with Crippen LogP contribution < -0.4 is 5.32 Å². The van der Waals surface area contributed by atoms with E-state index in [2.05, 4.69) is 25.0 Å². The Morgan fingerprint density at radius 1 is 0.971 bits per heavy atom. The molecule has 0 aliphatic heterocycles. The Morgan fingerprint density at radius 3 is 2.12 bits per heavy atom. The van der Waals surface area contributed by atoms with Gasteiger partial charge in [-0.3, -0.25) is 14.8 Å². The maximum Gasteiger partial charge on any atom is 0.416 e. The fourth-order valence-electron chi connectivity index (χ4n) is 2.84. The number of thiazole rings is 1. The molecule has 1 atom stereocenters. The van der Waals surface area contributed by atoms with Gasteiger partial charge in [0.15, 0.2) is 0 Å². The molecule has 1 unspecified atom stereocenters. The lowest BCUT2D eigenvalue weighted by atomic mass is 10.0. The van der Waals surface area contributed by atoms with Crippen LogP contribution >= 0.6 is 11.3 Å². The number of esters is 1. The number of halogens is 6. The molecule has 3 aromatic rings. The van der Waals surface area contributed by atoms with Gasteiger partial charge in [0.05, 0.1) is 36.2 Å². The van der Waals surface area contributed by atoms with Crippen molar-refractivity contribution in [2.75, 3.05) is 7.11 Å². The summed E-state index contributed by atoms with van der Waals surface area (Å²) in [5.41, 5.74) is -3.77. The van der Waals surface area contributed by atoms with Crippen molar-refractivity contribution >= 4 is 23.2 Å². The molecule has 2 heterocycles. The normalized spacial score (nSPS) is 12.8. The number of methoxy groups -OCH3 is 1. The molecule has 180 valence electrons. The summed E-state index contributed by atoms with van der Waals surface area (Å²) in [6, 6.07) is -0.399. The van der Waals surface area contributed by atoms with Gasteiger partial charge < -0.3 is 10.1 Å². The Morgan fingerprint density at radius 2 is 1.56 bits per heavy atom. The third-order valence-corrected chi connectivity index (χ3v) is 5.41. The molecule has 1 aromatic carbocycles. The minimum absolute atomic E-state index is 0.0671. The molecule has 0 spiro atoms. The maximum absolute atomic E-state index is 13.1. The van der Waals surface area contributed by atoms with E-state index in [-0.39, 0.29) is 27.3 Å². The van der Waals surface area contributed by atoms with Crippen molar-refractivity contribution in [3.63, 3.8) is 0 Å². The SMILES string of the molecule is COC(=O)c1cnc(-c2nccnc2C(C)NC(=O)c2cc(C(F)(F)F)cc(C(F)(F)F)c2)s1. The van der Waals surface area contributed by atoms with Crippen LogP contribution in [0.3, 0.4) is 0 Å². The van der Waals surface area contributed by atoms with E-state index in [1.165, 1.54) is 32.6 Å². The van der Waals surface area contributed by atoms with E-state index in [9.17, 15) is 35.9 Å². The van der Waals surface area contributed by atoms with E-state index < -0.39 is 47.0 Å². The molecule has 2 aromatic heterocycles. The smallest absolute Gasteiger partial charge is 0.416 e. The Hall–Kier alpha value is -3.55. The quantitative estimate of drug-likeness (QED) is 0.392. The maximum atomic E-state index is 13.1. The number of rotatable bonds is 5. The lowest BCUT2D eigenvalue weighted by molar-refractivity contribution is -0.143. The third kappa shape index (κ3) is 5.50. The number of hydrogen-bond donors (Lipinski definition) is 1. The predicted octanol–water partition coefficient (Wildman–Crippen LogP) is 4.92. The summed E-state index contributed by atoms with van der Waals surface area (Å²) in [4.78, 5) is 36.7. The van der Waals surface area contributed by atoms with Gasteiger partial charge in [0, 0.05) is 18.0 Å². The first kappa shape index (κ1) is 25.1. The van der Waals surface area contributed by atoms with Gasteiger partial charge in [-0.15, -0.1) is 11.3 Å². The van der Waals surface area contributed by atoms with Crippen molar-refractivity contribution in [1.29, 1.82) is 0 Å². The number of alkyl halides is 6. The lowest BCUT2D eigenvalue weighted by Gasteiger charge is -2.17. The number of carbonyl (C=O) groups excluding carboxylic acids is 2. The van der Waals surface area contributed by atoms with Gasteiger partial charge in [-0.1, -0.05) is 0 Å². The largest absolute Gasteiger partial charge is 0.465 e. The zero-order chi connectivity index (χ0) is 25.3. The number of benzene rings is 1. The first-order chi connectivity index (χ1) is 15.8. The van der Waals surface area contributed by atoms with Gasteiger partial charge in [0.25, 0.3) is 5.91 Å². The van der Waals surface area contributed by atoms with E-state index in [1.807, 2.05) is 0 Å². The number of aromatic nitrogens is 3. The van der Waals surface area contributed by atoms with Gasteiger partial charge in [-0.25, -0.2) is 9.78 Å². The van der Waals surface area contributed by atoms with Crippen LogP contribution in [-0.4, -0.2) is 33.9 Å². The molecular formula is C20H14F6N4O3S. The molecule has 1 amide bonds. The van der Waals surface area contributed by atoms with E-state index in [4.69, 9.17) is 0 Å². The van der Waals surface area contributed by atoms with Crippen LogP contribution in [0.4, 0.5) is 26.3 Å². The van der Waals surface area contributed by atoms with Gasteiger partial charge >= 0.3 is 18.3 Å². The van der Waals surface area contributed by atoms with Crippen molar-refractivity contribution in [3.05, 3.63) is 64.1 Å². The first-order valence-corrected chi connectivity index (χ1v) is 10.1. The van der Waals surface area contributed by atoms with E-state index in [0.29, 0.717) is 12.1 Å². The highest BCUT2D eigenvalue weighted by Crippen LogP contribution is 2.36. The van der Waals surface area contributed by atoms with E-state index >= 15 is 0 Å². The summed E-state index contributed by atoms with van der Waals surface area (Å²) >= 11 is 0.924. The molecule has 34 heavy (non-hydrogen) atoms.